The molecule has 3 N–H and O–H groups in total. The molecule has 0 radical (unpaired) electrons. The van der Waals surface area contributed by atoms with Gasteiger partial charge in [-0.15, -0.1) is 0 Å². The molecule has 0 aliphatic rings. The number of hydrogen-bond acceptors (Lipinski definition) is 3. The Morgan fingerprint density at radius 3 is 2.72 bits per heavy atom. The molecule has 0 spiro atoms. The summed E-state index contributed by atoms with van der Waals surface area (Å²) in [5.74, 6) is 1.09. The number of aromatic nitrogens is 2. The molecule has 0 bridgehead atoms. The van der Waals surface area contributed by atoms with Crippen molar-refractivity contribution in [2.24, 2.45) is 10.7 Å². The van der Waals surface area contributed by atoms with Crippen LogP contribution in [-0.2, 0) is 6.42 Å². The number of nitrogens with one attached hydrogen (secondary N) is 1. The molecule has 128 valence electrons. The largest absolute Gasteiger partial charge is 0.495 e. The predicted octanol–water partition coefficient (Wildman–Crippen LogP) is 2.85. The lowest BCUT2D eigenvalue weighted by molar-refractivity contribution is 0.417. The Morgan fingerprint density at radius 1 is 1.16 bits per heavy atom. The lowest BCUT2D eigenvalue weighted by Gasteiger charge is -2.09. The maximum Gasteiger partial charge on any atom is 0.193 e. The molecule has 0 fully saturated rings. The fraction of sp³-hybridized carbons (Fsp3) is 0.158. The SMILES string of the molecule is COc1ccccc1NC(N)=NCCc1cnn(-c2ccccc2)c1. The molecule has 0 amide bonds. The Morgan fingerprint density at radius 2 is 1.92 bits per heavy atom. The van der Waals surface area contributed by atoms with E-state index in [2.05, 4.69) is 15.4 Å². The Kier molecular flexibility index (Phi) is 5.31. The minimum absolute atomic E-state index is 0.361. The number of nitrogens with zero attached hydrogens (tertiary/aromatic N) is 3. The second-order valence-electron chi connectivity index (χ2n) is 5.47. The van der Waals surface area contributed by atoms with Gasteiger partial charge in [-0.2, -0.15) is 5.10 Å². The lowest BCUT2D eigenvalue weighted by atomic mass is 10.2. The van der Waals surface area contributed by atoms with Gasteiger partial charge in [-0.25, -0.2) is 4.68 Å². The molecule has 25 heavy (non-hydrogen) atoms. The lowest BCUT2D eigenvalue weighted by Crippen LogP contribution is -2.23. The summed E-state index contributed by atoms with van der Waals surface area (Å²) in [4.78, 5) is 4.36. The number of guanidine groups is 1. The molecule has 0 atom stereocenters. The predicted molar refractivity (Wildman–Crippen MR) is 100 cm³/mol. The van der Waals surface area contributed by atoms with Crippen molar-refractivity contribution >= 4 is 11.6 Å². The van der Waals surface area contributed by atoms with Crippen molar-refractivity contribution in [3.63, 3.8) is 0 Å². The molecule has 2 aromatic carbocycles. The van der Waals surface area contributed by atoms with Gasteiger partial charge in [0.1, 0.15) is 5.75 Å². The van der Waals surface area contributed by atoms with E-state index >= 15 is 0 Å². The standard InChI is InChI=1S/C19H21N5O/c1-25-18-10-6-5-9-17(18)23-19(20)21-12-11-15-13-22-24(14-15)16-7-3-2-4-8-16/h2-10,13-14H,11-12H2,1H3,(H3,20,21,23). The summed E-state index contributed by atoms with van der Waals surface area (Å²) < 4.78 is 7.14. The van der Waals surface area contributed by atoms with Crippen molar-refractivity contribution < 1.29 is 4.74 Å². The molecule has 0 aliphatic carbocycles. The number of ether oxygens (including phenoxy) is 1. The van der Waals surface area contributed by atoms with E-state index in [1.54, 1.807) is 7.11 Å². The highest BCUT2D eigenvalue weighted by Gasteiger charge is 2.03. The molecular weight excluding hydrogens is 314 g/mol. The molecule has 6 heteroatoms. The van der Waals surface area contributed by atoms with Crippen LogP contribution in [0.15, 0.2) is 72.0 Å². The third-order valence-corrected chi connectivity index (χ3v) is 3.71. The Bertz CT molecular complexity index is 842. The van der Waals surface area contributed by atoms with E-state index in [9.17, 15) is 0 Å². The summed E-state index contributed by atoms with van der Waals surface area (Å²) in [6.07, 6.45) is 4.63. The molecular formula is C19H21N5O. The summed E-state index contributed by atoms with van der Waals surface area (Å²) in [5, 5.41) is 7.44. The van der Waals surface area contributed by atoms with Crippen LogP contribution in [0, 0.1) is 0 Å². The number of benzene rings is 2. The van der Waals surface area contributed by atoms with E-state index in [4.69, 9.17) is 10.5 Å². The van der Waals surface area contributed by atoms with Crippen LogP contribution in [0.2, 0.25) is 0 Å². The highest BCUT2D eigenvalue weighted by Crippen LogP contribution is 2.22. The van der Waals surface area contributed by atoms with Gasteiger partial charge in [0.2, 0.25) is 0 Å². The van der Waals surface area contributed by atoms with E-state index in [0.29, 0.717) is 12.5 Å². The van der Waals surface area contributed by atoms with Crippen LogP contribution >= 0.6 is 0 Å². The summed E-state index contributed by atoms with van der Waals surface area (Å²) in [7, 11) is 1.62. The van der Waals surface area contributed by atoms with Crippen LogP contribution < -0.4 is 15.8 Å². The third kappa shape index (κ3) is 4.38. The quantitative estimate of drug-likeness (QED) is 0.536. The number of aliphatic imine (C=N–C) groups is 1. The van der Waals surface area contributed by atoms with Gasteiger partial charge in [0.25, 0.3) is 0 Å². The Labute approximate surface area is 147 Å². The van der Waals surface area contributed by atoms with Crippen LogP contribution in [-0.4, -0.2) is 29.4 Å². The molecule has 6 nitrogen and oxygen atoms in total. The van der Waals surface area contributed by atoms with Crippen LogP contribution in [0.3, 0.4) is 0 Å². The maximum atomic E-state index is 5.95. The van der Waals surface area contributed by atoms with Gasteiger partial charge in [-0.3, -0.25) is 4.99 Å². The van der Waals surface area contributed by atoms with Crippen molar-refractivity contribution in [1.82, 2.24) is 9.78 Å². The van der Waals surface area contributed by atoms with Crippen molar-refractivity contribution in [1.29, 1.82) is 0 Å². The van der Waals surface area contributed by atoms with Crippen molar-refractivity contribution in [2.75, 3.05) is 19.0 Å². The van der Waals surface area contributed by atoms with Crippen molar-refractivity contribution in [2.45, 2.75) is 6.42 Å². The monoisotopic (exact) mass is 335 g/mol. The first-order valence-electron chi connectivity index (χ1n) is 8.05. The molecule has 1 heterocycles. The Balaban J connectivity index is 1.57. The summed E-state index contributed by atoms with van der Waals surface area (Å²) >= 11 is 0. The van der Waals surface area contributed by atoms with Gasteiger partial charge in [0.15, 0.2) is 5.96 Å². The minimum atomic E-state index is 0.361. The summed E-state index contributed by atoms with van der Waals surface area (Å²) in [6.45, 7) is 0.578. The van der Waals surface area contributed by atoms with E-state index < -0.39 is 0 Å². The zero-order chi connectivity index (χ0) is 17.5. The molecule has 1 aromatic heterocycles. The third-order valence-electron chi connectivity index (χ3n) is 3.71. The molecule has 3 rings (SSSR count). The van der Waals surface area contributed by atoms with Gasteiger partial charge in [0, 0.05) is 12.7 Å². The summed E-state index contributed by atoms with van der Waals surface area (Å²) in [6, 6.07) is 17.6. The van der Waals surface area contributed by atoms with Gasteiger partial charge in [0.05, 0.1) is 24.7 Å². The molecule has 0 saturated carbocycles. The average molecular weight is 335 g/mol. The van der Waals surface area contributed by atoms with E-state index in [0.717, 1.165) is 29.1 Å². The van der Waals surface area contributed by atoms with Crippen LogP contribution in [0.1, 0.15) is 5.56 Å². The van der Waals surface area contributed by atoms with Gasteiger partial charge >= 0.3 is 0 Å². The zero-order valence-electron chi connectivity index (χ0n) is 14.1. The van der Waals surface area contributed by atoms with E-state index in [-0.39, 0.29) is 0 Å². The first-order valence-corrected chi connectivity index (χ1v) is 8.05. The van der Waals surface area contributed by atoms with Crippen molar-refractivity contribution in [3.05, 3.63) is 72.6 Å². The normalized spacial score (nSPS) is 11.3. The number of rotatable bonds is 6. The second kappa shape index (κ2) is 8.01. The molecule has 0 unspecified atom stereocenters. The first kappa shape index (κ1) is 16.6. The molecule has 0 aliphatic heterocycles. The highest BCUT2D eigenvalue weighted by molar-refractivity contribution is 5.93. The average Bonchev–Trinajstić information content (AvgIpc) is 3.12. The van der Waals surface area contributed by atoms with Gasteiger partial charge in [-0.05, 0) is 36.2 Å². The fourth-order valence-corrected chi connectivity index (χ4v) is 2.44. The molecule has 3 aromatic rings. The minimum Gasteiger partial charge on any atom is -0.495 e. The van der Waals surface area contributed by atoms with E-state index in [1.165, 1.54) is 0 Å². The van der Waals surface area contributed by atoms with E-state index in [1.807, 2.05) is 71.7 Å². The summed E-state index contributed by atoms with van der Waals surface area (Å²) in [5.41, 5.74) is 8.89. The van der Waals surface area contributed by atoms with Crippen LogP contribution in [0.4, 0.5) is 5.69 Å². The number of para-hydroxylation sites is 3. The van der Waals surface area contributed by atoms with Gasteiger partial charge in [-0.1, -0.05) is 30.3 Å². The smallest absolute Gasteiger partial charge is 0.193 e. The maximum absolute atomic E-state index is 5.95. The van der Waals surface area contributed by atoms with Crippen molar-refractivity contribution in [3.8, 4) is 11.4 Å². The second-order valence-corrected chi connectivity index (χ2v) is 5.47. The zero-order valence-corrected chi connectivity index (χ0v) is 14.1. The van der Waals surface area contributed by atoms with Crippen LogP contribution in [0.5, 0.6) is 5.75 Å². The number of anilines is 1. The first-order chi connectivity index (χ1) is 12.3. The number of nitrogens with two attached hydrogens (primary N) is 1. The number of methoxy groups -OCH3 is 1. The molecule has 0 saturated heterocycles. The topological polar surface area (TPSA) is 77.5 Å². The number of hydrogen-bond donors (Lipinski definition) is 2. The fourth-order valence-electron chi connectivity index (χ4n) is 2.44. The van der Waals surface area contributed by atoms with Crippen LogP contribution in [0.25, 0.3) is 5.69 Å². The highest BCUT2D eigenvalue weighted by atomic mass is 16.5. The van der Waals surface area contributed by atoms with Gasteiger partial charge < -0.3 is 15.8 Å². The Hall–Kier alpha value is -3.28.